The topological polar surface area (TPSA) is 31.2 Å². The van der Waals surface area contributed by atoms with Gasteiger partial charge in [0.15, 0.2) is 0 Å². The molecule has 0 radical (unpaired) electrons. The maximum atomic E-state index is 11.5. The summed E-state index contributed by atoms with van der Waals surface area (Å²) in [6, 6.07) is 2.15. The standard InChI is InChI=1S/C11H17NO2/c1-8(2)12-6-5-10(7-12)11(13)14-9(3)4/h5-9H,1-4H3. The van der Waals surface area contributed by atoms with E-state index in [0.29, 0.717) is 11.6 Å². The third-order valence-electron chi connectivity index (χ3n) is 1.89. The van der Waals surface area contributed by atoms with Gasteiger partial charge in [0.1, 0.15) is 0 Å². The van der Waals surface area contributed by atoms with E-state index < -0.39 is 0 Å². The molecule has 1 heterocycles. The summed E-state index contributed by atoms with van der Waals surface area (Å²) in [7, 11) is 0. The molecule has 14 heavy (non-hydrogen) atoms. The van der Waals surface area contributed by atoms with Gasteiger partial charge in [0.25, 0.3) is 0 Å². The molecule has 0 aliphatic heterocycles. The highest BCUT2D eigenvalue weighted by atomic mass is 16.5. The van der Waals surface area contributed by atoms with Crippen LogP contribution in [0.3, 0.4) is 0 Å². The monoisotopic (exact) mass is 195 g/mol. The predicted molar refractivity (Wildman–Crippen MR) is 55.4 cm³/mol. The number of carbonyl (C=O) groups excluding carboxylic acids is 1. The molecule has 3 heteroatoms. The Morgan fingerprint density at radius 1 is 1.36 bits per heavy atom. The predicted octanol–water partition coefficient (Wildman–Crippen LogP) is 2.63. The summed E-state index contributed by atoms with van der Waals surface area (Å²) in [6.45, 7) is 7.82. The van der Waals surface area contributed by atoms with E-state index in [2.05, 4.69) is 13.8 Å². The van der Waals surface area contributed by atoms with Gasteiger partial charge in [0, 0.05) is 18.4 Å². The summed E-state index contributed by atoms with van der Waals surface area (Å²) in [5.41, 5.74) is 0.618. The maximum absolute atomic E-state index is 11.5. The SMILES string of the molecule is CC(C)OC(=O)c1ccn(C(C)C)c1. The van der Waals surface area contributed by atoms with Crippen molar-refractivity contribution in [2.24, 2.45) is 0 Å². The smallest absolute Gasteiger partial charge is 0.339 e. The van der Waals surface area contributed by atoms with Crippen LogP contribution in [-0.4, -0.2) is 16.6 Å². The Labute approximate surface area is 84.7 Å². The van der Waals surface area contributed by atoms with Crippen molar-refractivity contribution in [2.45, 2.75) is 39.8 Å². The molecule has 0 spiro atoms. The van der Waals surface area contributed by atoms with E-state index in [1.165, 1.54) is 0 Å². The molecule has 0 aromatic carbocycles. The van der Waals surface area contributed by atoms with Gasteiger partial charge >= 0.3 is 5.97 Å². The van der Waals surface area contributed by atoms with Crippen molar-refractivity contribution in [3.8, 4) is 0 Å². The molecule has 0 unspecified atom stereocenters. The number of rotatable bonds is 3. The molecule has 0 saturated heterocycles. The highest BCUT2D eigenvalue weighted by Crippen LogP contribution is 2.10. The molecule has 0 amide bonds. The lowest BCUT2D eigenvalue weighted by Gasteiger charge is -2.07. The third-order valence-corrected chi connectivity index (χ3v) is 1.89. The van der Waals surface area contributed by atoms with Gasteiger partial charge in [0.05, 0.1) is 11.7 Å². The van der Waals surface area contributed by atoms with E-state index in [9.17, 15) is 4.79 Å². The van der Waals surface area contributed by atoms with E-state index >= 15 is 0 Å². The summed E-state index contributed by atoms with van der Waals surface area (Å²) in [6.07, 6.45) is 3.64. The maximum Gasteiger partial charge on any atom is 0.339 e. The molecule has 1 rings (SSSR count). The van der Waals surface area contributed by atoms with E-state index in [1.807, 2.05) is 30.8 Å². The minimum atomic E-state index is -0.251. The van der Waals surface area contributed by atoms with Crippen molar-refractivity contribution in [3.63, 3.8) is 0 Å². The summed E-state index contributed by atoms with van der Waals surface area (Å²) >= 11 is 0. The van der Waals surface area contributed by atoms with Crippen LogP contribution in [0.2, 0.25) is 0 Å². The van der Waals surface area contributed by atoms with Gasteiger partial charge in [-0.2, -0.15) is 0 Å². The molecule has 0 saturated carbocycles. The fraction of sp³-hybridized carbons (Fsp3) is 0.545. The summed E-state index contributed by atoms with van der Waals surface area (Å²) in [5, 5.41) is 0. The van der Waals surface area contributed by atoms with Gasteiger partial charge in [-0.3, -0.25) is 0 Å². The Kier molecular flexibility index (Phi) is 3.33. The zero-order chi connectivity index (χ0) is 10.7. The Bertz CT molecular complexity index is 313. The van der Waals surface area contributed by atoms with E-state index in [1.54, 1.807) is 6.07 Å². The van der Waals surface area contributed by atoms with Crippen LogP contribution in [-0.2, 0) is 4.74 Å². The zero-order valence-electron chi connectivity index (χ0n) is 9.15. The largest absolute Gasteiger partial charge is 0.459 e. The fourth-order valence-electron chi connectivity index (χ4n) is 1.14. The number of esters is 1. The number of hydrogen-bond acceptors (Lipinski definition) is 2. The lowest BCUT2D eigenvalue weighted by molar-refractivity contribution is 0.0378. The lowest BCUT2D eigenvalue weighted by Crippen LogP contribution is -2.11. The second-order valence-electron chi connectivity index (χ2n) is 3.90. The van der Waals surface area contributed by atoms with Gasteiger partial charge in [0.2, 0.25) is 0 Å². The van der Waals surface area contributed by atoms with Gasteiger partial charge in [-0.1, -0.05) is 0 Å². The average molecular weight is 195 g/mol. The van der Waals surface area contributed by atoms with Crippen LogP contribution in [0.15, 0.2) is 18.5 Å². The molecule has 0 bridgehead atoms. The first-order chi connectivity index (χ1) is 6.50. The van der Waals surface area contributed by atoms with Gasteiger partial charge < -0.3 is 9.30 Å². The Morgan fingerprint density at radius 2 is 2.00 bits per heavy atom. The Balaban J connectivity index is 2.71. The number of carbonyl (C=O) groups is 1. The van der Waals surface area contributed by atoms with Crippen molar-refractivity contribution in [3.05, 3.63) is 24.0 Å². The molecule has 0 aliphatic rings. The molecule has 0 N–H and O–H groups in total. The highest BCUT2D eigenvalue weighted by Gasteiger charge is 2.10. The second kappa shape index (κ2) is 4.31. The quantitative estimate of drug-likeness (QED) is 0.694. The van der Waals surface area contributed by atoms with Crippen molar-refractivity contribution in [1.82, 2.24) is 4.57 Å². The Morgan fingerprint density at radius 3 is 2.43 bits per heavy atom. The van der Waals surface area contributed by atoms with Crippen LogP contribution in [0, 0.1) is 0 Å². The first-order valence-corrected chi connectivity index (χ1v) is 4.89. The lowest BCUT2D eigenvalue weighted by atomic mass is 10.3. The van der Waals surface area contributed by atoms with Gasteiger partial charge in [-0.25, -0.2) is 4.79 Å². The minimum absolute atomic E-state index is 0.0649. The molecule has 3 nitrogen and oxygen atoms in total. The highest BCUT2D eigenvalue weighted by molar-refractivity contribution is 5.89. The van der Waals surface area contributed by atoms with Crippen LogP contribution >= 0.6 is 0 Å². The van der Waals surface area contributed by atoms with E-state index in [-0.39, 0.29) is 12.1 Å². The molecule has 1 aromatic heterocycles. The molecular formula is C11H17NO2. The number of hydrogen-bond donors (Lipinski definition) is 0. The number of ether oxygens (including phenoxy) is 1. The van der Waals surface area contributed by atoms with Crippen molar-refractivity contribution < 1.29 is 9.53 Å². The zero-order valence-corrected chi connectivity index (χ0v) is 9.15. The van der Waals surface area contributed by atoms with Crippen LogP contribution < -0.4 is 0 Å². The molecular weight excluding hydrogens is 178 g/mol. The molecule has 0 fully saturated rings. The summed E-state index contributed by atoms with van der Waals surface area (Å²) in [4.78, 5) is 11.5. The van der Waals surface area contributed by atoms with Crippen LogP contribution in [0.25, 0.3) is 0 Å². The van der Waals surface area contributed by atoms with E-state index in [0.717, 1.165) is 0 Å². The van der Waals surface area contributed by atoms with Crippen molar-refractivity contribution >= 4 is 5.97 Å². The van der Waals surface area contributed by atoms with Gasteiger partial charge in [-0.05, 0) is 33.8 Å². The second-order valence-corrected chi connectivity index (χ2v) is 3.90. The van der Waals surface area contributed by atoms with Crippen LogP contribution in [0.4, 0.5) is 0 Å². The first kappa shape index (κ1) is 10.8. The summed E-state index contributed by atoms with van der Waals surface area (Å²) < 4.78 is 7.06. The van der Waals surface area contributed by atoms with Crippen LogP contribution in [0.5, 0.6) is 0 Å². The van der Waals surface area contributed by atoms with Crippen molar-refractivity contribution in [2.75, 3.05) is 0 Å². The molecule has 78 valence electrons. The summed E-state index contributed by atoms with van der Waals surface area (Å²) in [5.74, 6) is -0.251. The number of aromatic nitrogens is 1. The van der Waals surface area contributed by atoms with E-state index in [4.69, 9.17) is 4.74 Å². The molecule has 0 atom stereocenters. The number of nitrogens with zero attached hydrogens (tertiary/aromatic N) is 1. The normalized spacial score (nSPS) is 11.0. The first-order valence-electron chi connectivity index (χ1n) is 4.89. The third kappa shape index (κ3) is 2.62. The average Bonchev–Trinajstić information content (AvgIpc) is 2.50. The van der Waals surface area contributed by atoms with Crippen LogP contribution in [0.1, 0.15) is 44.1 Å². The molecule has 1 aromatic rings. The van der Waals surface area contributed by atoms with Crippen molar-refractivity contribution in [1.29, 1.82) is 0 Å². The Hall–Kier alpha value is -1.25. The molecule has 0 aliphatic carbocycles. The minimum Gasteiger partial charge on any atom is -0.459 e. The fourth-order valence-corrected chi connectivity index (χ4v) is 1.14. The van der Waals surface area contributed by atoms with Gasteiger partial charge in [-0.15, -0.1) is 0 Å².